The summed E-state index contributed by atoms with van der Waals surface area (Å²) in [5.74, 6) is -0.444. The van der Waals surface area contributed by atoms with Crippen LogP contribution in [0.25, 0.3) is 6.08 Å². The van der Waals surface area contributed by atoms with E-state index in [0.717, 1.165) is 27.4 Å². The molecule has 0 aromatic heterocycles. The van der Waals surface area contributed by atoms with Crippen molar-refractivity contribution in [1.29, 1.82) is 0 Å². The van der Waals surface area contributed by atoms with E-state index in [0.29, 0.717) is 10.6 Å². The first kappa shape index (κ1) is 18.4. The van der Waals surface area contributed by atoms with Crippen LogP contribution in [0.1, 0.15) is 18.1 Å². The molecule has 0 bridgehead atoms. The molecule has 3 rings (SSSR count). The van der Waals surface area contributed by atoms with Crippen molar-refractivity contribution in [3.63, 3.8) is 0 Å². The zero-order chi connectivity index (χ0) is 18.7. The van der Waals surface area contributed by atoms with Crippen LogP contribution in [0.15, 0.2) is 57.9 Å². The number of carbonyl (C=O) groups is 3. The Balaban J connectivity index is 1.74. The van der Waals surface area contributed by atoms with E-state index in [9.17, 15) is 14.4 Å². The lowest BCUT2D eigenvalue weighted by Crippen LogP contribution is -2.27. The summed E-state index contributed by atoms with van der Waals surface area (Å²) in [5, 5.41) is 2.40. The Morgan fingerprint density at radius 1 is 1.12 bits per heavy atom. The van der Waals surface area contributed by atoms with Gasteiger partial charge in [0, 0.05) is 17.1 Å². The van der Waals surface area contributed by atoms with E-state index in [-0.39, 0.29) is 23.6 Å². The molecule has 0 unspecified atom stereocenters. The topological polar surface area (TPSA) is 66.5 Å². The van der Waals surface area contributed by atoms with Gasteiger partial charge in [-0.25, -0.2) is 0 Å². The Morgan fingerprint density at radius 2 is 1.77 bits per heavy atom. The van der Waals surface area contributed by atoms with Crippen LogP contribution in [0, 0.1) is 0 Å². The largest absolute Gasteiger partial charge is 0.326 e. The van der Waals surface area contributed by atoms with Gasteiger partial charge in [0.15, 0.2) is 0 Å². The van der Waals surface area contributed by atoms with Crippen molar-refractivity contribution in [3.05, 3.63) is 69.0 Å². The maximum absolute atomic E-state index is 12.6. The molecule has 1 aliphatic rings. The van der Waals surface area contributed by atoms with E-state index in [4.69, 9.17) is 0 Å². The van der Waals surface area contributed by atoms with Crippen LogP contribution in [0.4, 0.5) is 10.5 Å². The van der Waals surface area contributed by atoms with Crippen LogP contribution >= 0.6 is 27.7 Å². The van der Waals surface area contributed by atoms with Gasteiger partial charge in [-0.15, -0.1) is 0 Å². The van der Waals surface area contributed by atoms with Crippen LogP contribution < -0.4 is 5.32 Å². The summed E-state index contributed by atoms with van der Waals surface area (Å²) in [6.07, 6.45) is 1.68. The quantitative estimate of drug-likeness (QED) is 0.717. The summed E-state index contributed by atoms with van der Waals surface area (Å²) in [4.78, 5) is 37.4. The summed E-state index contributed by atoms with van der Waals surface area (Å²) >= 11 is 4.30. The Labute approximate surface area is 163 Å². The molecule has 0 atom stereocenters. The number of benzene rings is 2. The number of rotatable bonds is 4. The number of imide groups is 1. The van der Waals surface area contributed by atoms with Gasteiger partial charge in [-0.2, -0.15) is 0 Å². The molecule has 2 aromatic carbocycles. The lowest BCUT2D eigenvalue weighted by Gasteiger charge is -2.12. The van der Waals surface area contributed by atoms with Crippen molar-refractivity contribution in [1.82, 2.24) is 4.90 Å². The number of hydrogen-bond acceptors (Lipinski definition) is 4. The molecule has 0 aliphatic carbocycles. The smallest absolute Gasteiger partial charge is 0.293 e. The predicted octanol–water partition coefficient (Wildman–Crippen LogP) is 4.64. The fraction of sp³-hybridized carbons (Fsp3) is 0.105. The SMILES string of the molecule is CC(=O)Nc1ccc(C=C2SC(=O)N(Cc3ccc(Br)cc3)C2=O)cc1. The number of carbonyl (C=O) groups excluding carboxylic acids is 3. The Morgan fingerprint density at radius 3 is 2.38 bits per heavy atom. The molecular weight excluding hydrogens is 416 g/mol. The van der Waals surface area contributed by atoms with E-state index in [1.54, 1.807) is 30.3 Å². The summed E-state index contributed by atoms with van der Waals surface area (Å²) in [6, 6.07) is 14.6. The number of nitrogens with zero attached hydrogens (tertiary/aromatic N) is 1. The number of hydrogen-bond donors (Lipinski definition) is 1. The highest BCUT2D eigenvalue weighted by molar-refractivity contribution is 9.10. The molecule has 1 saturated heterocycles. The van der Waals surface area contributed by atoms with Crippen molar-refractivity contribution in [2.24, 2.45) is 0 Å². The number of amides is 3. The second-order valence-electron chi connectivity index (χ2n) is 5.70. The normalized spacial score (nSPS) is 15.6. The molecule has 26 heavy (non-hydrogen) atoms. The highest BCUT2D eigenvalue weighted by Gasteiger charge is 2.34. The molecule has 0 saturated carbocycles. The lowest BCUT2D eigenvalue weighted by atomic mass is 10.2. The minimum atomic E-state index is -0.297. The second-order valence-corrected chi connectivity index (χ2v) is 7.61. The molecule has 7 heteroatoms. The zero-order valence-corrected chi connectivity index (χ0v) is 16.3. The summed E-state index contributed by atoms with van der Waals surface area (Å²) in [6.45, 7) is 1.69. The van der Waals surface area contributed by atoms with E-state index in [1.165, 1.54) is 11.8 Å². The number of thioether (sulfide) groups is 1. The van der Waals surface area contributed by atoms with Gasteiger partial charge in [0.1, 0.15) is 0 Å². The third-order valence-corrected chi connectivity index (χ3v) is 5.09. The average molecular weight is 431 g/mol. The van der Waals surface area contributed by atoms with E-state index < -0.39 is 0 Å². The van der Waals surface area contributed by atoms with Gasteiger partial charge in [-0.1, -0.05) is 40.2 Å². The van der Waals surface area contributed by atoms with Gasteiger partial charge in [0.25, 0.3) is 11.1 Å². The van der Waals surface area contributed by atoms with E-state index in [1.807, 2.05) is 24.3 Å². The van der Waals surface area contributed by atoms with E-state index in [2.05, 4.69) is 21.2 Å². The van der Waals surface area contributed by atoms with Crippen LogP contribution in [0.3, 0.4) is 0 Å². The molecule has 132 valence electrons. The standard InChI is InChI=1S/C19H15BrN2O3S/c1-12(23)21-16-8-4-13(5-9-16)10-17-18(24)22(19(25)26-17)11-14-2-6-15(20)7-3-14/h2-10H,11H2,1H3,(H,21,23). The van der Waals surface area contributed by atoms with Gasteiger partial charge in [0.05, 0.1) is 11.4 Å². The summed E-state index contributed by atoms with van der Waals surface area (Å²) in [5.41, 5.74) is 2.35. The minimum Gasteiger partial charge on any atom is -0.326 e. The Kier molecular flexibility index (Phi) is 5.58. The van der Waals surface area contributed by atoms with Gasteiger partial charge in [-0.05, 0) is 53.2 Å². The number of halogens is 1. The first-order valence-electron chi connectivity index (χ1n) is 7.80. The van der Waals surface area contributed by atoms with Gasteiger partial charge >= 0.3 is 0 Å². The lowest BCUT2D eigenvalue weighted by molar-refractivity contribution is -0.123. The Bertz CT molecular complexity index is 892. The van der Waals surface area contributed by atoms with Gasteiger partial charge < -0.3 is 5.32 Å². The minimum absolute atomic E-state index is 0.146. The van der Waals surface area contributed by atoms with Crippen LogP contribution in [-0.4, -0.2) is 22.0 Å². The van der Waals surface area contributed by atoms with Crippen LogP contribution in [-0.2, 0) is 16.1 Å². The van der Waals surface area contributed by atoms with Crippen molar-refractivity contribution in [3.8, 4) is 0 Å². The zero-order valence-electron chi connectivity index (χ0n) is 13.9. The molecular formula is C19H15BrN2O3S. The average Bonchev–Trinajstić information content (AvgIpc) is 2.85. The maximum Gasteiger partial charge on any atom is 0.293 e. The molecule has 3 amide bonds. The molecule has 0 radical (unpaired) electrons. The third kappa shape index (κ3) is 4.42. The molecule has 2 aromatic rings. The molecule has 5 nitrogen and oxygen atoms in total. The van der Waals surface area contributed by atoms with Crippen molar-refractivity contribution in [2.75, 3.05) is 5.32 Å². The highest BCUT2D eigenvalue weighted by atomic mass is 79.9. The summed E-state index contributed by atoms with van der Waals surface area (Å²) in [7, 11) is 0. The fourth-order valence-corrected chi connectivity index (χ4v) is 3.53. The first-order valence-corrected chi connectivity index (χ1v) is 9.41. The van der Waals surface area contributed by atoms with Crippen LogP contribution in [0.5, 0.6) is 0 Å². The predicted molar refractivity (Wildman–Crippen MR) is 106 cm³/mol. The monoisotopic (exact) mass is 430 g/mol. The van der Waals surface area contributed by atoms with Crippen molar-refractivity contribution < 1.29 is 14.4 Å². The number of nitrogens with one attached hydrogen (secondary N) is 1. The van der Waals surface area contributed by atoms with Gasteiger partial charge in [0.2, 0.25) is 5.91 Å². The number of anilines is 1. The second kappa shape index (κ2) is 7.88. The first-order chi connectivity index (χ1) is 12.4. The maximum atomic E-state index is 12.6. The van der Waals surface area contributed by atoms with Crippen LogP contribution in [0.2, 0.25) is 0 Å². The molecule has 0 spiro atoms. The molecule has 1 fully saturated rings. The molecule has 1 aliphatic heterocycles. The van der Waals surface area contributed by atoms with Crippen molar-refractivity contribution >= 4 is 56.5 Å². The van der Waals surface area contributed by atoms with Gasteiger partial charge in [-0.3, -0.25) is 19.3 Å². The summed E-state index contributed by atoms with van der Waals surface area (Å²) < 4.78 is 0.943. The highest BCUT2D eigenvalue weighted by Crippen LogP contribution is 2.33. The van der Waals surface area contributed by atoms with E-state index >= 15 is 0 Å². The molecule has 1 N–H and O–H groups in total. The fourth-order valence-electron chi connectivity index (χ4n) is 2.43. The third-order valence-electron chi connectivity index (χ3n) is 3.66. The van der Waals surface area contributed by atoms with Crippen molar-refractivity contribution in [2.45, 2.75) is 13.5 Å². The Hall–Kier alpha value is -2.38. The molecule has 1 heterocycles.